The van der Waals surface area contributed by atoms with Gasteiger partial charge in [-0.1, -0.05) is 6.92 Å². The molecule has 2 atom stereocenters. The number of piperidine rings is 1. The molecule has 2 rings (SSSR count). The Morgan fingerprint density at radius 3 is 2.84 bits per heavy atom. The van der Waals surface area contributed by atoms with Crippen LogP contribution >= 0.6 is 0 Å². The number of aliphatic hydroxyl groups excluding tert-OH is 2. The third kappa shape index (κ3) is 2.85. The van der Waals surface area contributed by atoms with Gasteiger partial charge in [-0.05, 0) is 24.5 Å². The van der Waals surface area contributed by atoms with E-state index in [9.17, 15) is 20.3 Å². The molecule has 2 N–H and O–H groups in total. The fourth-order valence-electron chi connectivity index (χ4n) is 2.44. The van der Waals surface area contributed by atoms with E-state index in [1.165, 1.54) is 6.07 Å². The van der Waals surface area contributed by atoms with Gasteiger partial charge in [-0.3, -0.25) is 10.1 Å². The molecule has 0 spiro atoms. The van der Waals surface area contributed by atoms with E-state index in [0.29, 0.717) is 25.1 Å². The van der Waals surface area contributed by atoms with Crippen LogP contribution in [0.15, 0.2) is 18.2 Å². The van der Waals surface area contributed by atoms with E-state index < -0.39 is 4.92 Å². The van der Waals surface area contributed by atoms with Gasteiger partial charge in [0.05, 0.1) is 23.2 Å². The first kappa shape index (κ1) is 13.8. The van der Waals surface area contributed by atoms with Crippen LogP contribution in [-0.2, 0) is 6.61 Å². The minimum Gasteiger partial charge on any atom is -0.393 e. The Kier molecular flexibility index (Phi) is 4.01. The molecule has 2 unspecified atom stereocenters. The van der Waals surface area contributed by atoms with E-state index in [4.69, 9.17) is 0 Å². The molecule has 0 amide bonds. The van der Waals surface area contributed by atoms with Gasteiger partial charge in [0, 0.05) is 24.8 Å². The van der Waals surface area contributed by atoms with Crippen LogP contribution in [0.4, 0.5) is 11.4 Å². The normalized spacial score (nSPS) is 23.4. The Morgan fingerprint density at radius 2 is 2.26 bits per heavy atom. The molecule has 1 fully saturated rings. The zero-order valence-electron chi connectivity index (χ0n) is 10.8. The Bertz CT molecular complexity index is 478. The maximum atomic E-state index is 10.8. The molecular weight excluding hydrogens is 248 g/mol. The molecule has 6 heteroatoms. The Morgan fingerprint density at radius 1 is 1.53 bits per heavy atom. The van der Waals surface area contributed by atoms with Crippen molar-refractivity contribution < 1.29 is 15.1 Å². The van der Waals surface area contributed by atoms with E-state index in [2.05, 4.69) is 4.90 Å². The lowest BCUT2D eigenvalue weighted by molar-refractivity contribution is -0.385. The van der Waals surface area contributed by atoms with Gasteiger partial charge in [0.1, 0.15) is 0 Å². The van der Waals surface area contributed by atoms with Crippen LogP contribution in [0.1, 0.15) is 18.9 Å². The van der Waals surface area contributed by atoms with E-state index in [-0.39, 0.29) is 24.3 Å². The zero-order valence-corrected chi connectivity index (χ0v) is 10.8. The summed E-state index contributed by atoms with van der Waals surface area (Å²) >= 11 is 0. The maximum Gasteiger partial charge on any atom is 0.275 e. The number of hydrogen-bond donors (Lipinski definition) is 2. The molecular formula is C13H18N2O4. The molecule has 0 aromatic heterocycles. The van der Waals surface area contributed by atoms with Crippen LogP contribution in [0.25, 0.3) is 0 Å². The molecule has 0 saturated carbocycles. The van der Waals surface area contributed by atoms with Crippen LogP contribution in [-0.4, -0.2) is 34.3 Å². The lowest BCUT2D eigenvalue weighted by Gasteiger charge is -2.36. The highest BCUT2D eigenvalue weighted by atomic mass is 16.6. The van der Waals surface area contributed by atoms with Crippen molar-refractivity contribution in [2.24, 2.45) is 5.92 Å². The lowest BCUT2D eigenvalue weighted by atomic mass is 9.96. The molecule has 1 aromatic carbocycles. The van der Waals surface area contributed by atoms with E-state index in [1.54, 1.807) is 12.1 Å². The third-order valence-corrected chi connectivity index (χ3v) is 3.66. The van der Waals surface area contributed by atoms with Crippen LogP contribution in [0.3, 0.4) is 0 Å². The molecule has 1 heterocycles. The predicted octanol–water partition coefficient (Wildman–Crippen LogP) is 1.29. The minimum absolute atomic E-state index is 0.0589. The van der Waals surface area contributed by atoms with Crippen molar-refractivity contribution in [3.05, 3.63) is 33.9 Å². The van der Waals surface area contributed by atoms with Gasteiger partial charge < -0.3 is 15.1 Å². The van der Waals surface area contributed by atoms with Gasteiger partial charge in [0.15, 0.2) is 0 Å². The van der Waals surface area contributed by atoms with Gasteiger partial charge in [0.2, 0.25) is 0 Å². The van der Waals surface area contributed by atoms with Gasteiger partial charge >= 0.3 is 0 Å². The number of nitrogens with zero attached hydrogens (tertiary/aromatic N) is 2. The number of hydrogen-bond acceptors (Lipinski definition) is 5. The number of rotatable bonds is 3. The van der Waals surface area contributed by atoms with Crippen molar-refractivity contribution in [1.29, 1.82) is 0 Å². The average Bonchev–Trinajstić information content (AvgIpc) is 2.41. The highest BCUT2D eigenvalue weighted by molar-refractivity contribution is 5.55. The second-order valence-corrected chi connectivity index (χ2v) is 5.01. The van der Waals surface area contributed by atoms with Crippen molar-refractivity contribution in [2.45, 2.75) is 26.1 Å². The monoisotopic (exact) mass is 266 g/mol. The summed E-state index contributed by atoms with van der Waals surface area (Å²) in [5, 5.41) is 29.7. The van der Waals surface area contributed by atoms with Crippen molar-refractivity contribution in [3.63, 3.8) is 0 Å². The van der Waals surface area contributed by atoms with Crippen molar-refractivity contribution >= 4 is 11.4 Å². The molecule has 19 heavy (non-hydrogen) atoms. The predicted molar refractivity (Wildman–Crippen MR) is 71.0 cm³/mol. The van der Waals surface area contributed by atoms with Gasteiger partial charge in [-0.15, -0.1) is 0 Å². The first-order chi connectivity index (χ1) is 9.02. The first-order valence-electron chi connectivity index (χ1n) is 6.34. The van der Waals surface area contributed by atoms with Crippen molar-refractivity contribution in [3.8, 4) is 0 Å². The summed E-state index contributed by atoms with van der Waals surface area (Å²) in [7, 11) is 0. The van der Waals surface area contributed by atoms with Crippen LogP contribution in [0, 0.1) is 16.0 Å². The number of nitro groups is 1. The lowest BCUT2D eigenvalue weighted by Crippen LogP contribution is -2.42. The number of anilines is 1. The summed E-state index contributed by atoms with van der Waals surface area (Å²) in [4.78, 5) is 12.4. The van der Waals surface area contributed by atoms with Gasteiger partial charge in [0.25, 0.3) is 5.69 Å². The number of benzene rings is 1. The van der Waals surface area contributed by atoms with E-state index >= 15 is 0 Å². The molecule has 1 saturated heterocycles. The average molecular weight is 266 g/mol. The standard InChI is InChI=1S/C13H18N2O4/c1-9-7-14(5-4-13(9)17)11-2-3-12(15(18)19)10(6-11)8-16/h2-3,6,9,13,16-17H,4-5,7-8H2,1H3. The Balaban J connectivity index is 2.24. The van der Waals surface area contributed by atoms with Crippen molar-refractivity contribution in [2.75, 3.05) is 18.0 Å². The molecule has 0 radical (unpaired) electrons. The second-order valence-electron chi connectivity index (χ2n) is 5.01. The summed E-state index contributed by atoms with van der Waals surface area (Å²) in [5.74, 6) is 0.168. The minimum atomic E-state index is -0.488. The Hall–Kier alpha value is -1.66. The molecule has 104 valence electrons. The van der Waals surface area contributed by atoms with Crippen LogP contribution < -0.4 is 4.90 Å². The highest BCUT2D eigenvalue weighted by Crippen LogP contribution is 2.28. The highest BCUT2D eigenvalue weighted by Gasteiger charge is 2.25. The van der Waals surface area contributed by atoms with Crippen molar-refractivity contribution in [1.82, 2.24) is 0 Å². The molecule has 1 aromatic rings. The van der Waals surface area contributed by atoms with Crippen LogP contribution in [0.5, 0.6) is 0 Å². The fourth-order valence-corrected chi connectivity index (χ4v) is 2.44. The van der Waals surface area contributed by atoms with Gasteiger partial charge in [-0.25, -0.2) is 0 Å². The zero-order chi connectivity index (χ0) is 14.0. The summed E-state index contributed by atoms with van der Waals surface area (Å²) < 4.78 is 0. The summed E-state index contributed by atoms with van der Waals surface area (Å²) in [5.41, 5.74) is 1.12. The number of aliphatic hydroxyl groups is 2. The van der Waals surface area contributed by atoms with Gasteiger partial charge in [-0.2, -0.15) is 0 Å². The quantitative estimate of drug-likeness (QED) is 0.636. The summed E-state index contributed by atoms with van der Waals surface area (Å²) in [6, 6.07) is 4.78. The second kappa shape index (κ2) is 5.54. The molecule has 1 aliphatic rings. The molecule has 6 nitrogen and oxygen atoms in total. The SMILES string of the molecule is CC1CN(c2ccc([N+](=O)[O-])c(CO)c2)CCC1O. The third-order valence-electron chi connectivity index (χ3n) is 3.66. The topological polar surface area (TPSA) is 86.8 Å². The summed E-state index contributed by atoms with van der Waals surface area (Å²) in [6.07, 6.45) is 0.402. The molecule has 0 bridgehead atoms. The first-order valence-corrected chi connectivity index (χ1v) is 6.34. The number of nitro benzene ring substituents is 1. The van der Waals surface area contributed by atoms with E-state index in [1.807, 2.05) is 6.92 Å². The largest absolute Gasteiger partial charge is 0.393 e. The Labute approximate surface area is 111 Å². The fraction of sp³-hybridized carbons (Fsp3) is 0.538. The molecule has 1 aliphatic heterocycles. The van der Waals surface area contributed by atoms with Crippen LogP contribution in [0.2, 0.25) is 0 Å². The smallest absolute Gasteiger partial charge is 0.275 e. The maximum absolute atomic E-state index is 10.8. The summed E-state index contributed by atoms with van der Waals surface area (Å²) in [6.45, 7) is 3.06. The van der Waals surface area contributed by atoms with E-state index in [0.717, 1.165) is 5.69 Å². The molecule has 0 aliphatic carbocycles.